The van der Waals surface area contributed by atoms with Gasteiger partial charge in [-0.05, 0) is 115 Å². The molecule has 1 saturated carbocycles. The molecular formula is C40H56N10O6. The summed E-state index contributed by atoms with van der Waals surface area (Å²) in [4.78, 5) is 83.1. The molecule has 4 unspecified atom stereocenters. The van der Waals surface area contributed by atoms with Gasteiger partial charge in [-0.25, -0.2) is 4.79 Å². The van der Waals surface area contributed by atoms with E-state index in [9.17, 15) is 28.8 Å². The fourth-order valence-corrected chi connectivity index (χ4v) is 7.93. The summed E-state index contributed by atoms with van der Waals surface area (Å²) in [6.45, 7) is 15.9. The molecule has 1 aliphatic carbocycles. The van der Waals surface area contributed by atoms with Gasteiger partial charge < -0.3 is 41.7 Å². The van der Waals surface area contributed by atoms with E-state index in [2.05, 4.69) is 79.6 Å². The predicted molar refractivity (Wildman–Crippen MR) is 212 cm³/mol. The van der Waals surface area contributed by atoms with Gasteiger partial charge in [-0.3, -0.25) is 24.0 Å². The number of β-lactam (4-membered cyclic amide) rings is 1. The standard InChI is InChI=1S/C40H56N10O6/c1-6-49(7-2)19-11-17-41-34(52)28-21-29(35(53)42-18-12-20-50(8-3)9-4)24-31(23-28)43-36(54)27-13-10-14-30(22-27)47-48-40(26(5)51)37(55)46-39(40)16-15-32-33(25-39)45-38(56)44-32/h10,13-14,21-24,32-33H,6-9,11-12,15-20,25H2,1-5H3,(H,41,52)(H,42,53)(H,43,54)(H,46,55)(H2,44,45,56). The van der Waals surface area contributed by atoms with Gasteiger partial charge in [0.25, 0.3) is 23.6 Å². The number of hydrogen-bond acceptors (Lipinski definition) is 10. The maximum atomic E-state index is 13.6. The van der Waals surface area contributed by atoms with Gasteiger partial charge in [0.2, 0.25) is 5.54 Å². The zero-order valence-corrected chi connectivity index (χ0v) is 33.1. The number of anilines is 1. The van der Waals surface area contributed by atoms with Crippen molar-refractivity contribution in [2.45, 2.75) is 89.9 Å². The van der Waals surface area contributed by atoms with E-state index in [0.29, 0.717) is 32.4 Å². The van der Waals surface area contributed by atoms with E-state index >= 15 is 0 Å². The van der Waals surface area contributed by atoms with Crippen molar-refractivity contribution < 1.29 is 28.8 Å². The van der Waals surface area contributed by atoms with Crippen LogP contribution in [0.25, 0.3) is 0 Å². The average Bonchev–Trinajstić information content (AvgIpc) is 3.56. The molecular weight excluding hydrogens is 717 g/mol. The van der Waals surface area contributed by atoms with E-state index in [1.54, 1.807) is 18.2 Å². The summed E-state index contributed by atoms with van der Waals surface area (Å²) < 4.78 is 0. The Morgan fingerprint density at radius 2 is 1.38 bits per heavy atom. The summed E-state index contributed by atoms with van der Waals surface area (Å²) in [6, 6.07) is 10.2. The van der Waals surface area contributed by atoms with Crippen molar-refractivity contribution in [3.8, 4) is 0 Å². The minimum Gasteiger partial charge on any atom is -0.352 e. The van der Waals surface area contributed by atoms with Crippen LogP contribution in [0.5, 0.6) is 0 Å². The molecule has 0 radical (unpaired) electrons. The number of carbonyl (C=O) groups is 6. The summed E-state index contributed by atoms with van der Waals surface area (Å²) in [5.41, 5.74) is -1.65. The van der Waals surface area contributed by atoms with Gasteiger partial charge >= 0.3 is 6.03 Å². The Hall–Kier alpha value is -5.22. The van der Waals surface area contributed by atoms with Crippen LogP contribution in [0.2, 0.25) is 0 Å². The van der Waals surface area contributed by atoms with Gasteiger partial charge in [-0.1, -0.05) is 33.8 Å². The molecule has 3 fully saturated rings. The van der Waals surface area contributed by atoms with Crippen LogP contribution in [0.3, 0.4) is 0 Å². The Morgan fingerprint density at radius 3 is 1.93 bits per heavy atom. The predicted octanol–water partition coefficient (Wildman–Crippen LogP) is 3.38. The monoisotopic (exact) mass is 772 g/mol. The van der Waals surface area contributed by atoms with Gasteiger partial charge in [0.05, 0.1) is 23.3 Å². The molecule has 2 aromatic rings. The van der Waals surface area contributed by atoms with Gasteiger partial charge in [0.1, 0.15) is 0 Å². The van der Waals surface area contributed by atoms with Crippen LogP contribution in [-0.2, 0) is 9.59 Å². The highest BCUT2D eigenvalue weighted by atomic mass is 16.2. The number of rotatable bonds is 19. The average molecular weight is 773 g/mol. The molecule has 2 aromatic carbocycles. The second-order valence-corrected chi connectivity index (χ2v) is 14.7. The molecule has 0 bridgehead atoms. The van der Waals surface area contributed by atoms with E-state index < -0.39 is 28.7 Å². The highest BCUT2D eigenvalue weighted by Crippen LogP contribution is 2.47. The van der Waals surface area contributed by atoms with Gasteiger partial charge in [0, 0.05) is 35.5 Å². The largest absolute Gasteiger partial charge is 0.352 e. The van der Waals surface area contributed by atoms with Crippen molar-refractivity contribution in [1.29, 1.82) is 0 Å². The number of fused-ring (bicyclic) bond motifs is 1. The number of urea groups is 1. The number of azo groups is 1. The number of Topliss-reactive ketones (excluding diaryl/α,β-unsaturated/α-hetero) is 1. The maximum Gasteiger partial charge on any atom is 0.315 e. The molecule has 2 heterocycles. The fourth-order valence-electron chi connectivity index (χ4n) is 7.93. The van der Waals surface area contributed by atoms with E-state index in [-0.39, 0.29) is 58.0 Å². The van der Waals surface area contributed by atoms with Crippen molar-refractivity contribution in [2.75, 3.05) is 57.7 Å². The summed E-state index contributed by atoms with van der Waals surface area (Å²) in [6.07, 6.45) is 2.80. The van der Waals surface area contributed by atoms with E-state index in [0.717, 1.165) is 52.1 Å². The lowest BCUT2D eigenvalue weighted by atomic mass is 9.58. The molecule has 16 heteroatoms. The maximum absolute atomic E-state index is 13.6. The minimum absolute atomic E-state index is 0.104. The molecule has 5 rings (SSSR count). The van der Waals surface area contributed by atoms with Crippen LogP contribution in [0.1, 0.15) is 97.8 Å². The summed E-state index contributed by atoms with van der Waals surface area (Å²) in [5, 5.41) is 26.0. The number of hydrogen-bond donors (Lipinski definition) is 6. The van der Waals surface area contributed by atoms with Crippen molar-refractivity contribution >= 4 is 46.8 Å². The third-order valence-electron chi connectivity index (χ3n) is 11.3. The lowest BCUT2D eigenvalue weighted by molar-refractivity contribution is -0.155. The second kappa shape index (κ2) is 18.6. The zero-order chi connectivity index (χ0) is 40.5. The first-order chi connectivity index (χ1) is 26.9. The minimum atomic E-state index is -1.78. The fraction of sp³-hybridized carbons (Fsp3) is 0.550. The topological polar surface area (TPSA) is 206 Å². The van der Waals surface area contributed by atoms with Crippen LogP contribution in [0, 0.1) is 0 Å². The Labute approximate surface area is 328 Å². The van der Waals surface area contributed by atoms with E-state index in [4.69, 9.17) is 0 Å². The highest BCUT2D eigenvalue weighted by Gasteiger charge is 2.72. The molecule has 3 aliphatic rings. The summed E-state index contributed by atoms with van der Waals surface area (Å²) in [7, 11) is 0. The van der Waals surface area contributed by atoms with E-state index in [1.165, 1.54) is 31.2 Å². The highest BCUT2D eigenvalue weighted by molar-refractivity contribution is 6.17. The number of carbonyl (C=O) groups excluding carboxylic acids is 6. The first-order valence-electron chi connectivity index (χ1n) is 19.8. The number of ketones is 1. The molecule has 2 saturated heterocycles. The lowest BCUT2D eigenvalue weighted by Crippen LogP contribution is -2.84. The lowest BCUT2D eigenvalue weighted by Gasteiger charge is -2.57. The van der Waals surface area contributed by atoms with E-state index in [1.807, 2.05) is 0 Å². The quantitative estimate of drug-likeness (QED) is 0.0539. The summed E-state index contributed by atoms with van der Waals surface area (Å²) in [5.74, 6) is -2.29. The zero-order valence-electron chi connectivity index (χ0n) is 33.1. The SMILES string of the molecule is CCN(CC)CCCNC(=O)c1cc(NC(=O)c2cccc(N=NC3(C(C)=O)C(=O)NC34CCC3NC(=O)NC3C4)c2)cc(C(=O)NCCCN(CC)CC)c1. The first kappa shape index (κ1) is 41.9. The number of benzene rings is 2. The smallest absolute Gasteiger partial charge is 0.315 e. The number of nitrogens with zero attached hydrogens (tertiary/aromatic N) is 4. The second-order valence-electron chi connectivity index (χ2n) is 14.7. The number of amides is 6. The van der Waals surface area contributed by atoms with Crippen LogP contribution < -0.4 is 31.9 Å². The molecule has 2 aliphatic heterocycles. The Bertz CT molecular complexity index is 1770. The third kappa shape index (κ3) is 9.24. The Morgan fingerprint density at radius 1 is 0.786 bits per heavy atom. The van der Waals surface area contributed by atoms with Crippen molar-refractivity contribution in [3.05, 3.63) is 59.2 Å². The Balaban J connectivity index is 1.32. The summed E-state index contributed by atoms with van der Waals surface area (Å²) >= 11 is 0. The molecule has 6 amide bonds. The molecule has 4 atom stereocenters. The molecule has 0 aromatic heterocycles. The number of nitrogens with one attached hydrogen (secondary N) is 6. The molecule has 1 spiro atoms. The van der Waals surface area contributed by atoms with Gasteiger partial charge in [0.15, 0.2) is 5.78 Å². The molecule has 56 heavy (non-hydrogen) atoms. The Kier molecular flexibility index (Phi) is 13.9. The first-order valence-corrected chi connectivity index (χ1v) is 19.8. The van der Waals surface area contributed by atoms with Gasteiger partial charge in [-0.2, -0.15) is 10.2 Å². The molecule has 6 N–H and O–H groups in total. The molecule has 302 valence electrons. The van der Waals surface area contributed by atoms with Crippen LogP contribution in [0.15, 0.2) is 52.7 Å². The molecule has 16 nitrogen and oxygen atoms in total. The van der Waals surface area contributed by atoms with Crippen molar-refractivity contribution in [1.82, 2.24) is 36.4 Å². The van der Waals surface area contributed by atoms with Crippen LogP contribution in [-0.4, -0.2) is 121 Å². The van der Waals surface area contributed by atoms with Crippen LogP contribution >= 0.6 is 0 Å². The van der Waals surface area contributed by atoms with Gasteiger partial charge in [-0.15, -0.1) is 0 Å². The van der Waals surface area contributed by atoms with Crippen molar-refractivity contribution in [3.63, 3.8) is 0 Å². The normalized spacial score (nSPS) is 22.6. The van der Waals surface area contributed by atoms with Crippen molar-refractivity contribution in [2.24, 2.45) is 10.2 Å². The third-order valence-corrected chi connectivity index (χ3v) is 11.3. The van der Waals surface area contributed by atoms with Crippen LogP contribution in [0.4, 0.5) is 16.2 Å².